The highest BCUT2D eigenvalue weighted by atomic mass is 35.5. The van der Waals surface area contributed by atoms with Crippen LogP contribution >= 0.6 is 11.6 Å². The lowest BCUT2D eigenvalue weighted by Crippen LogP contribution is -2.15. The molecule has 1 saturated carbocycles. The number of nitrogens with zero attached hydrogens (tertiary/aromatic N) is 7. The third kappa shape index (κ3) is 3.21. The molecule has 5 aromatic rings. The van der Waals surface area contributed by atoms with Crippen molar-refractivity contribution in [1.29, 1.82) is 0 Å². The van der Waals surface area contributed by atoms with Crippen molar-refractivity contribution < 1.29 is 13.6 Å². The zero-order valence-corrected chi connectivity index (χ0v) is 18.3. The molecule has 3 atom stereocenters. The van der Waals surface area contributed by atoms with Gasteiger partial charge in [0.1, 0.15) is 23.7 Å². The molecule has 0 spiro atoms. The van der Waals surface area contributed by atoms with Gasteiger partial charge in [0.2, 0.25) is 5.91 Å². The maximum atomic E-state index is 15.6. The van der Waals surface area contributed by atoms with Crippen LogP contribution in [-0.4, -0.2) is 51.9 Å². The molecular formula is C21H16ClF2N9O. The number of benzene rings is 1. The van der Waals surface area contributed by atoms with Gasteiger partial charge in [0.25, 0.3) is 0 Å². The summed E-state index contributed by atoms with van der Waals surface area (Å²) < 4.78 is 30.4. The van der Waals surface area contributed by atoms with Gasteiger partial charge in [0.05, 0.1) is 28.9 Å². The number of fused-ring (bicyclic) bond motifs is 2. The number of carbonyl (C=O) groups is 1. The number of alkyl halides is 1. The monoisotopic (exact) mass is 483 g/mol. The molecule has 10 nitrogen and oxygen atoms in total. The van der Waals surface area contributed by atoms with Gasteiger partial charge < -0.3 is 9.72 Å². The van der Waals surface area contributed by atoms with Crippen molar-refractivity contribution in [3.63, 3.8) is 0 Å². The smallest absolute Gasteiger partial charge is 0.231 e. The largest absolute Gasteiger partial charge is 0.309 e. The van der Waals surface area contributed by atoms with Crippen molar-refractivity contribution in [2.75, 3.05) is 5.32 Å². The first-order chi connectivity index (χ1) is 16.4. The summed E-state index contributed by atoms with van der Waals surface area (Å²) in [6.45, 7) is 1.73. The van der Waals surface area contributed by atoms with Crippen molar-refractivity contribution in [2.45, 2.75) is 25.6 Å². The van der Waals surface area contributed by atoms with Crippen LogP contribution in [0.5, 0.6) is 0 Å². The van der Waals surface area contributed by atoms with Crippen molar-refractivity contribution >= 4 is 39.9 Å². The van der Waals surface area contributed by atoms with Gasteiger partial charge in [-0.2, -0.15) is 9.90 Å². The number of amides is 1. The molecule has 1 aliphatic carbocycles. The Bertz CT molecular complexity index is 1560. The summed E-state index contributed by atoms with van der Waals surface area (Å²) >= 11 is 6.56. The second kappa shape index (κ2) is 7.55. The first kappa shape index (κ1) is 20.7. The van der Waals surface area contributed by atoms with Gasteiger partial charge in [-0.15, -0.1) is 10.2 Å². The number of aromatic nitrogens is 8. The van der Waals surface area contributed by atoms with E-state index in [-0.39, 0.29) is 17.0 Å². The number of halogens is 3. The Balaban J connectivity index is 1.43. The standard InChI is InChI=1S/C21H16ClF2N9O/c1-9(33-27-8-26-31-33)16-19(24)18(22)17(12-5-25-30-20(12)16)10-2-3-15-28-14(7-32(15)6-10)29-21(34)11-4-13(11)23/h2-3,5-9,11,13H,4H2,1H3,(H,25,30)(H,29,34). The minimum Gasteiger partial charge on any atom is -0.309 e. The van der Waals surface area contributed by atoms with E-state index in [9.17, 15) is 9.18 Å². The molecular weight excluding hydrogens is 468 g/mol. The molecule has 0 bridgehead atoms. The average Bonchev–Trinajstić information content (AvgIpc) is 3.26. The number of H-pyrrole nitrogens is 1. The van der Waals surface area contributed by atoms with Crippen LogP contribution in [0.2, 0.25) is 5.02 Å². The number of aromatic amines is 1. The van der Waals surface area contributed by atoms with E-state index < -0.39 is 29.9 Å². The third-order valence-electron chi connectivity index (χ3n) is 6.00. The Morgan fingerprint density at radius 1 is 1.35 bits per heavy atom. The van der Waals surface area contributed by atoms with Crippen molar-refractivity contribution in [3.8, 4) is 11.1 Å². The van der Waals surface area contributed by atoms with Crippen LogP contribution in [0, 0.1) is 11.7 Å². The first-order valence-corrected chi connectivity index (χ1v) is 10.8. The number of imidazole rings is 1. The molecule has 1 fully saturated rings. The van der Waals surface area contributed by atoms with Gasteiger partial charge in [-0.25, -0.2) is 13.8 Å². The Kier molecular flexibility index (Phi) is 4.59. The van der Waals surface area contributed by atoms with Gasteiger partial charge in [-0.05, 0) is 30.7 Å². The Hall–Kier alpha value is -3.93. The summed E-state index contributed by atoms with van der Waals surface area (Å²) in [7, 11) is 0. The Morgan fingerprint density at radius 3 is 2.91 bits per heavy atom. The fraction of sp³-hybridized carbons (Fsp3) is 0.238. The summed E-state index contributed by atoms with van der Waals surface area (Å²) in [5.41, 5.74) is 2.34. The molecule has 1 aromatic carbocycles. The minimum absolute atomic E-state index is 0.0772. The van der Waals surface area contributed by atoms with Crippen LogP contribution in [0.15, 0.2) is 37.1 Å². The van der Waals surface area contributed by atoms with Crippen LogP contribution < -0.4 is 5.32 Å². The SMILES string of the molecule is CC(c1c(F)c(Cl)c(-c2ccc3nc(NC(=O)C4CC4F)cn3c2)c2cn[nH]c12)n1ncnn1. The highest BCUT2D eigenvalue weighted by molar-refractivity contribution is 6.35. The number of rotatable bonds is 5. The van der Waals surface area contributed by atoms with E-state index in [0.717, 1.165) is 0 Å². The lowest BCUT2D eigenvalue weighted by atomic mass is 9.97. The third-order valence-corrected chi connectivity index (χ3v) is 6.35. The summed E-state index contributed by atoms with van der Waals surface area (Å²) in [6.07, 6.45) is 5.32. The molecule has 1 amide bonds. The number of nitrogens with one attached hydrogen (secondary N) is 2. The number of tetrazole rings is 1. The lowest BCUT2D eigenvalue weighted by Gasteiger charge is -2.16. The highest BCUT2D eigenvalue weighted by Gasteiger charge is 2.43. The van der Waals surface area contributed by atoms with E-state index in [1.807, 2.05) is 0 Å². The number of anilines is 1. The lowest BCUT2D eigenvalue weighted by molar-refractivity contribution is -0.117. The fourth-order valence-corrected chi connectivity index (χ4v) is 4.45. The average molecular weight is 484 g/mol. The van der Waals surface area contributed by atoms with E-state index in [1.165, 1.54) is 11.1 Å². The van der Waals surface area contributed by atoms with E-state index in [4.69, 9.17) is 11.6 Å². The van der Waals surface area contributed by atoms with Gasteiger partial charge in [-0.1, -0.05) is 11.6 Å². The summed E-state index contributed by atoms with van der Waals surface area (Å²) in [4.78, 5) is 17.7. The van der Waals surface area contributed by atoms with Crippen molar-refractivity contribution in [1.82, 2.24) is 39.8 Å². The molecule has 1 aliphatic rings. The molecule has 3 unspecified atom stereocenters. The molecule has 0 aliphatic heterocycles. The normalized spacial score (nSPS) is 18.5. The van der Waals surface area contributed by atoms with Crippen LogP contribution in [0.3, 0.4) is 0 Å². The zero-order chi connectivity index (χ0) is 23.6. The fourth-order valence-electron chi connectivity index (χ4n) is 4.13. The van der Waals surface area contributed by atoms with Crippen LogP contribution in [0.4, 0.5) is 14.6 Å². The van der Waals surface area contributed by atoms with E-state index >= 15 is 4.39 Å². The molecule has 172 valence electrons. The van der Waals surface area contributed by atoms with Crippen LogP contribution in [0.1, 0.15) is 24.9 Å². The van der Waals surface area contributed by atoms with Crippen molar-refractivity contribution in [2.24, 2.45) is 5.92 Å². The maximum absolute atomic E-state index is 15.6. The van der Waals surface area contributed by atoms with Crippen molar-refractivity contribution in [3.05, 3.63) is 53.5 Å². The number of hydrogen-bond acceptors (Lipinski definition) is 6. The summed E-state index contributed by atoms with van der Waals surface area (Å²) in [6, 6.07) is 2.88. The number of pyridine rings is 1. The Morgan fingerprint density at radius 2 is 2.18 bits per heavy atom. The maximum Gasteiger partial charge on any atom is 0.231 e. The number of carbonyl (C=O) groups excluding carboxylic acids is 1. The number of hydrogen-bond donors (Lipinski definition) is 2. The second-order valence-electron chi connectivity index (χ2n) is 8.16. The minimum atomic E-state index is -1.09. The molecule has 34 heavy (non-hydrogen) atoms. The highest BCUT2D eigenvalue weighted by Crippen LogP contribution is 2.41. The molecule has 2 N–H and O–H groups in total. The topological polar surface area (TPSA) is 119 Å². The molecule has 13 heteroatoms. The zero-order valence-electron chi connectivity index (χ0n) is 17.6. The Labute approximate surface area is 194 Å². The molecule has 0 saturated heterocycles. The second-order valence-corrected chi connectivity index (χ2v) is 8.54. The van der Waals surface area contributed by atoms with Gasteiger partial charge in [0.15, 0.2) is 12.1 Å². The predicted octanol–water partition coefficient (Wildman–Crippen LogP) is 3.56. The predicted molar refractivity (Wildman–Crippen MR) is 119 cm³/mol. The van der Waals surface area contributed by atoms with E-state index in [1.54, 1.807) is 42.0 Å². The summed E-state index contributed by atoms with van der Waals surface area (Å²) in [5.74, 6) is -1.34. The van der Waals surface area contributed by atoms with Crippen LogP contribution in [0.25, 0.3) is 27.7 Å². The summed E-state index contributed by atoms with van der Waals surface area (Å²) in [5, 5.41) is 21.7. The van der Waals surface area contributed by atoms with Gasteiger partial charge in [0, 0.05) is 28.3 Å². The van der Waals surface area contributed by atoms with Crippen LogP contribution in [-0.2, 0) is 4.79 Å². The van der Waals surface area contributed by atoms with Gasteiger partial charge in [-0.3, -0.25) is 9.89 Å². The van der Waals surface area contributed by atoms with E-state index in [0.29, 0.717) is 33.5 Å². The molecule has 4 aromatic heterocycles. The van der Waals surface area contributed by atoms with Gasteiger partial charge >= 0.3 is 0 Å². The first-order valence-electron chi connectivity index (χ1n) is 10.4. The molecule has 6 rings (SSSR count). The molecule has 4 heterocycles. The van der Waals surface area contributed by atoms with E-state index in [2.05, 4.69) is 35.9 Å². The molecule has 0 radical (unpaired) electrons. The quantitative estimate of drug-likeness (QED) is 0.394.